The SMILES string of the molecule is COCCCN1C(=O)N(c2ccccc2)[C@@H]2[C@H](c3cncnc3)CC[C@@H]21. The van der Waals surface area contributed by atoms with Gasteiger partial charge in [-0.05, 0) is 37.0 Å². The lowest BCUT2D eigenvalue weighted by molar-refractivity contribution is 0.167. The van der Waals surface area contributed by atoms with E-state index in [1.165, 1.54) is 0 Å². The van der Waals surface area contributed by atoms with E-state index in [0.29, 0.717) is 6.61 Å². The lowest BCUT2D eigenvalue weighted by atomic mass is 9.94. The number of para-hydroxylation sites is 1. The molecule has 1 saturated heterocycles. The highest BCUT2D eigenvalue weighted by molar-refractivity contribution is 5.96. The number of fused-ring (bicyclic) bond motifs is 1. The van der Waals surface area contributed by atoms with E-state index in [0.717, 1.165) is 37.1 Å². The van der Waals surface area contributed by atoms with E-state index < -0.39 is 0 Å². The number of hydrogen-bond acceptors (Lipinski definition) is 4. The van der Waals surface area contributed by atoms with Crippen molar-refractivity contribution < 1.29 is 9.53 Å². The van der Waals surface area contributed by atoms with Crippen LogP contribution in [0.2, 0.25) is 0 Å². The summed E-state index contributed by atoms with van der Waals surface area (Å²) < 4.78 is 5.18. The fourth-order valence-electron chi connectivity index (χ4n) is 4.44. The normalized spacial score (nSPS) is 25.0. The van der Waals surface area contributed by atoms with Gasteiger partial charge in [0.15, 0.2) is 0 Å². The molecule has 0 radical (unpaired) electrons. The molecule has 6 heteroatoms. The van der Waals surface area contributed by atoms with Crippen molar-refractivity contribution in [1.82, 2.24) is 14.9 Å². The minimum Gasteiger partial charge on any atom is -0.385 e. The van der Waals surface area contributed by atoms with Crippen LogP contribution in [0.5, 0.6) is 0 Å². The van der Waals surface area contributed by atoms with Gasteiger partial charge in [-0.1, -0.05) is 18.2 Å². The Balaban J connectivity index is 1.67. The molecule has 0 bridgehead atoms. The lowest BCUT2D eigenvalue weighted by Gasteiger charge is -2.27. The molecular formula is C20H24N4O2. The predicted molar refractivity (Wildman–Crippen MR) is 99.1 cm³/mol. The zero-order valence-electron chi connectivity index (χ0n) is 15.0. The van der Waals surface area contributed by atoms with Crippen LogP contribution in [0.15, 0.2) is 49.1 Å². The molecule has 0 N–H and O–H groups in total. The molecule has 136 valence electrons. The van der Waals surface area contributed by atoms with Gasteiger partial charge < -0.3 is 9.64 Å². The number of ether oxygens (including phenoxy) is 1. The second-order valence-corrected chi connectivity index (χ2v) is 6.94. The highest BCUT2D eigenvalue weighted by atomic mass is 16.5. The van der Waals surface area contributed by atoms with Crippen LogP contribution in [-0.2, 0) is 4.74 Å². The molecule has 1 aromatic carbocycles. The minimum atomic E-state index is 0.101. The molecule has 6 nitrogen and oxygen atoms in total. The Hall–Kier alpha value is -2.47. The van der Waals surface area contributed by atoms with Crippen LogP contribution in [0.25, 0.3) is 0 Å². The summed E-state index contributed by atoms with van der Waals surface area (Å²) in [4.78, 5) is 25.7. The van der Waals surface area contributed by atoms with Crippen LogP contribution >= 0.6 is 0 Å². The van der Waals surface area contributed by atoms with Crippen LogP contribution in [-0.4, -0.2) is 53.2 Å². The number of rotatable bonds is 6. The van der Waals surface area contributed by atoms with Crippen molar-refractivity contribution >= 4 is 11.7 Å². The Morgan fingerprint density at radius 1 is 1.15 bits per heavy atom. The van der Waals surface area contributed by atoms with Gasteiger partial charge in [-0.25, -0.2) is 14.8 Å². The van der Waals surface area contributed by atoms with Gasteiger partial charge in [0.05, 0.1) is 12.1 Å². The topological polar surface area (TPSA) is 58.6 Å². The van der Waals surface area contributed by atoms with Gasteiger partial charge in [0, 0.05) is 44.3 Å². The molecule has 1 aliphatic heterocycles. The Kier molecular flexibility index (Phi) is 4.84. The molecule has 26 heavy (non-hydrogen) atoms. The Morgan fingerprint density at radius 2 is 1.92 bits per heavy atom. The molecule has 3 atom stereocenters. The molecule has 2 amide bonds. The molecule has 0 unspecified atom stereocenters. The van der Waals surface area contributed by atoms with Gasteiger partial charge in [-0.3, -0.25) is 4.90 Å². The second-order valence-electron chi connectivity index (χ2n) is 6.94. The lowest BCUT2D eigenvalue weighted by Crippen LogP contribution is -2.38. The van der Waals surface area contributed by atoms with Crippen LogP contribution in [0.1, 0.15) is 30.7 Å². The number of benzene rings is 1. The maximum atomic E-state index is 13.3. The van der Waals surface area contributed by atoms with Crippen LogP contribution in [0, 0.1) is 0 Å². The first-order valence-electron chi connectivity index (χ1n) is 9.20. The van der Waals surface area contributed by atoms with Crippen molar-refractivity contribution in [2.75, 3.05) is 25.2 Å². The fraction of sp³-hybridized carbons (Fsp3) is 0.450. The van der Waals surface area contributed by atoms with E-state index in [9.17, 15) is 4.79 Å². The smallest absolute Gasteiger partial charge is 0.325 e. The number of carbonyl (C=O) groups excluding carboxylic acids is 1. The zero-order chi connectivity index (χ0) is 17.9. The number of nitrogens with zero attached hydrogens (tertiary/aromatic N) is 4. The summed E-state index contributed by atoms with van der Waals surface area (Å²) in [5.41, 5.74) is 2.08. The van der Waals surface area contributed by atoms with E-state index in [-0.39, 0.29) is 24.0 Å². The van der Waals surface area contributed by atoms with Crippen LogP contribution < -0.4 is 4.90 Å². The van der Waals surface area contributed by atoms with E-state index in [4.69, 9.17) is 4.74 Å². The average molecular weight is 352 g/mol. The summed E-state index contributed by atoms with van der Waals surface area (Å²) in [6.45, 7) is 1.40. The summed E-state index contributed by atoms with van der Waals surface area (Å²) in [6.07, 6.45) is 8.24. The van der Waals surface area contributed by atoms with Crippen LogP contribution in [0.4, 0.5) is 10.5 Å². The standard InChI is InChI=1S/C20H24N4O2/c1-26-11-5-10-23-18-9-8-17(15-12-21-14-22-13-15)19(18)24(20(23)25)16-6-3-2-4-7-16/h2-4,6-7,12-14,17-19H,5,8-11H2,1H3/t17-,18-,19+/m0/s1. The zero-order valence-corrected chi connectivity index (χ0v) is 15.0. The number of urea groups is 1. The predicted octanol–water partition coefficient (Wildman–Crippen LogP) is 3.07. The van der Waals surface area contributed by atoms with Crippen molar-refractivity contribution in [2.24, 2.45) is 0 Å². The first kappa shape index (κ1) is 17.0. The first-order chi connectivity index (χ1) is 12.8. The maximum absolute atomic E-state index is 13.3. The van der Waals surface area contributed by atoms with E-state index in [1.54, 1.807) is 13.4 Å². The van der Waals surface area contributed by atoms with Gasteiger partial charge in [0.2, 0.25) is 0 Å². The first-order valence-corrected chi connectivity index (χ1v) is 9.20. The number of aromatic nitrogens is 2. The van der Waals surface area contributed by atoms with Crippen molar-refractivity contribution in [3.8, 4) is 0 Å². The number of hydrogen-bond donors (Lipinski definition) is 0. The van der Waals surface area contributed by atoms with E-state index in [2.05, 4.69) is 9.97 Å². The minimum absolute atomic E-state index is 0.101. The molecule has 2 fully saturated rings. The van der Waals surface area contributed by atoms with Crippen molar-refractivity contribution in [3.63, 3.8) is 0 Å². The maximum Gasteiger partial charge on any atom is 0.325 e. The van der Waals surface area contributed by atoms with E-state index in [1.807, 2.05) is 52.5 Å². The summed E-state index contributed by atoms with van der Waals surface area (Å²) >= 11 is 0. The largest absolute Gasteiger partial charge is 0.385 e. The van der Waals surface area contributed by atoms with Crippen LogP contribution in [0.3, 0.4) is 0 Å². The summed E-state index contributed by atoms with van der Waals surface area (Å²) in [5, 5.41) is 0. The quantitative estimate of drug-likeness (QED) is 0.750. The highest BCUT2D eigenvalue weighted by Crippen LogP contribution is 2.46. The molecule has 2 heterocycles. The van der Waals surface area contributed by atoms with Gasteiger partial charge in [0.1, 0.15) is 6.33 Å². The molecule has 1 aromatic heterocycles. The van der Waals surface area contributed by atoms with Gasteiger partial charge >= 0.3 is 6.03 Å². The monoisotopic (exact) mass is 352 g/mol. The number of carbonyl (C=O) groups is 1. The van der Waals surface area contributed by atoms with Crippen molar-refractivity contribution in [1.29, 1.82) is 0 Å². The highest BCUT2D eigenvalue weighted by Gasteiger charge is 2.53. The molecule has 2 aromatic rings. The van der Waals surface area contributed by atoms with Crippen molar-refractivity contribution in [2.45, 2.75) is 37.3 Å². The van der Waals surface area contributed by atoms with Crippen molar-refractivity contribution in [3.05, 3.63) is 54.6 Å². The van der Waals surface area contributed by atoms with Gasteiger partial charge in [0.25, 0.3) is 0 Å². The molecule has 1 saturated carbocycles. The third-order valence-electron chi connectivity index (χ3n) is 5.52. The van der Waals surface area contributed by atoms with E-state index >= 15 is 0 Å². The Morgan fingerprint density at radius 3 is 2.65 bits per heavy atom. The molecule has 4 rings (SSSR count). The van der Waals surface area contributed by atoms with Gasteiger partial charge in [-0.15, -0.1) is 0 Å². The summed E-state index contributed by atoms with van der Waals surface area (Å²) in [5.74, 6) is 0.262. The summed E-state index contributed by atoms with van der Waals surface area (Å²) in [7, 11) is 1.70. The third kappa shape index (κ3) is 2.94. The number of anilines is 1. The summed E-state index contributed by atoms with van der Waals surface area (Å²) in [6, 6.07) is 10.4. The van der Waals surface area contributed by atoms with Gasteiger partial charge in [-0.2, -0.15) is 0 Å². The average Bonchev–Trinajstić information content (AvgIpc) is 3.22. The number of methoxy groups -OCH3 is 1. The molecule has 1 aliphatic carbocycles. The second kappa shape index (κ2) is 7.41. The number of amides is 2. The fourth-order valence-corrected chi connectivity index (χ4v) is 4.44. The molecule has 2 aliphatic rings. The third-order valence-corrected chi connectivity index (χ3v) is 5.52. The molecule has 0 spiro atoms. The Bertz CT molecular complexity index is 740. The molecular weight excluding hydrogens is 328 g/mol. The Labute approximate surface area is 153 Å².